The lowest BCUT2D eigenvalue weighted by atomic mass is 10.1. The number of benzene rings is 1. The molecule has 1 aliphatic heterocycles. The number of rotatable bonds is 3. The number of carbonyl (C=O) groups is 2. The smallest absolute Gasteiger partial charge is 0.410 e. The molecule has 0 bridgehead atoms. The fraction of sp³-hybridized carbons (Fsp3) is 0.467. The van der Waals surface area contributed by atoms with Crippen molar-refractivity contribution in [3.63, 3.8) is 0 Å². The second-order valence-electron chi connectivity index (χ2n) is 5.41. The minimum atomic E-state index is -0.328. The first-order valence-electron chi connectivity index (χ1n) is 6.86. The quantitative estimate of drug-likeness (QED) is 0.618. The molecule has 0 radical (unpaired) electrons. The summed E-state index contributed by atoms with van der Waals surface area (Å²) in [7, 11) is 1.70. The van der Waals surface area contributed by atoms with Crippen molar-refractivity contribution in [2.24, 2.45) is 5.92 Å². The summed E-state index contributed by atoms with van der Waals surface area (Å²) in [6.07, 6.45) is -0.0430. The van der Waals surface area contributed by atoms with Gasteiger partial charge in [0.1, 0.15) is 12.7 Å². The van der Waals surface area contributed by atoms with E-state index in [1.165, 1.54) is 0 Å². The molecule has 1 amide bonds. The van der Waals surface area contributed by atoms with Crippen LogP contribution < -0.4 is 0 Å². The van der Waals surface area contributed by atoms with E-state index in [0.29, 0.717) is 6.42 Å². The molecule has 2 fully saturated rings. The Morgan fingerprint density at radius 2 is 2.14 bits per heavy atom. The molecule has 1 saturated carbocycles. The lowest BCUT2D eigenvalue weighted by molar-refractivity contribution is -0.149. The molecular formula is C15H16BrNO4. The Balaban J connectivity index is 1.60. The van der Waals surface area contributed by atoms with E-state index in [4.69, 9.17) is 9.47 Å². The number of likely N-dealkylation sites (N-methyl/N-ethyl adjacent to an activating group) is 1. The van der Waals surface area contributed by atoms with Crippen LogP contribution in [0.15, 0.2) is 30.3 Å². The van der Waals surface area contributed by atoms with Crippen molar-refractivity contribution in [3.05, 3.63) is 35.9 Å². The van der Waals surface area contributed by atoms with Crippen molar-refractivity contribution in [2.75, 3.05) is 7.05 Å². The van der Waals surface area contributed by atoms with Crippen LogP contribution in [-0.2, 0) is 20.9 Å². The molecule has 0 aromatic heterocycles. The van der Waals surface area contributed by atoms with Crippen LogP contribution in [0.2, 0.25) is 0 Å². The highest BCUT2D eigenvalue weighted by Gasteiger charge is 2.54. The van der Waals surface area contributed by atoms with Crippen LogP contribution in [0.1, 0.15) is 12.0 Å². The molecule has 5 nitrogen and oxygen atoms in total. The summed E-state index contributed by atoms with van der Waals surface area (Å²) in [6, 6.07) is 9.50. The van der Waals surface area contributed by atoms with E-state index in [2.05, 4.69) is 15.9 Å². The third-order valence-corrected chi connectivity index (χ3v) is 5.28. The minimum Gasteiger partial charge on any atom is -0.461 e. The van der Waals surface area contributed by atoms with Crippen LogP contribution in [-0.4, -0.2) is 41.0 Å². The molecule has 6 heteroatoms. The van der Waals surface area contributed by atoms with Gasteiger partial charge in [-0.3, -0.25) is 4.79 Å². The summed E-state index contributed by atoms with van der Waals surface area (Å²) in [6.45, 7) is 0.265. The SMILES string of the molecule is CN1C(=O)O[C@@H]2[C@@H](Br)[C@H](C(=O)OCc3ccccc3)C[C@@H]21. The topological polar surface area (TPSA) is 55.8 Å². The van der Waals surface area contributed by atoms with Gasteiger partial charge in [-0.15, -0.1) is 0 Å². The van der Waals surface area contributed by atoms with Gasteiger partial charge in [-0.05, 0) is 12.0 Å². The van der Waals surface area contributed by atoms with Crippen molar-refractivity contribution in [2.45, 2.75) is 30.0 Å². The zero-order chi connectivity index (χ0) is 15.0. The van der Waals surface area contributed by atoms with Gasteiger partial charge in [0.25, 0.3) is 0 Å². The van der Waals surface area contributed by atoms with Gasteiger partial charge >= 0.3 is 12.1 Å². The molecule has 1 aromatic rings. The normalized spacial score (nSPS) is 31.0. The van der Waals surface area contributed by atoms with Crippen molar-refractivity contribution < 1.29 is 19.1 Å². The molecule has 1 saturated heterocycles. The maximum absolute atomic E-state index is 12.2. The third-order valence-electron chi connectivity index (χ3n) is 4.12. The predicted molar refractivity (Wildman–Crippen MR) is 78.9 cm³/mol. The van der Waals surface area contributed by atoms with Crippen LogP contribution in [0, 0.1) is 5.92 Å². The second-order valence-corrected chi connectivity index (χ2v) is 6.46. The van der Waals surface area contributed by atoms with Gasteiger partial charge in [0.2, 0.25) is 0 Å². The Morgan fingerprint density at radius 3 is 2.81 bits per heavy atom. The number of hydrogen-bond acceptors (Lipinski definition) is 4. The number of hydrogen-bond donors (Lipinski definition) is 0. The van der Waals surface area contributed by atoms with Crippen LogP contribution >= 0.6 is 15.9 Å². The van der Waals surface area contributed by atoms with E-state index in [-0.39, 0.29) is 41.6 Å². The average Bonchev–Trinajstić information content (AvgIpc) is 2.96. The standard InChI is InChI=1S/C15H16BrNO4/c1-17-11-7-10(12(16)13(11)21-15(17)19)14(18)20-8-9-5-3-2-4-6-9/h2-6,10-13H,7-8H2,1H3/t10-,11+,12+,13+/m1/s1. The van der Waals surface area contributed by atoms with Gasteiger partial charge < -0.3 is 14.4 Å². The molecule has 1 aromatic carbocycles. The van der Waals surface area contributed by atoms with Crippen molar-refractivity contribution in [1.29, 1.82) is 0 Å². The maximum atomic E-state index is 12.2. The predicted octanol–water partition coefficient (Wildman–Crippen LogP) is 2.33. The molecule has 1 aliphatic carbocycles. The minimum absolute atomic E-state index is 0.0591. The Labute approximate surface area is 131 Å². The zero-order valence-corrected chi connectivity index (χ0v) is 13.2. The number of amides is 1. The van der Waals surface area contributed by atoms with Crippen molar-refractivity contribution in [3.8, 4) is 0 Å². The number of halogens is 1. The molecule has 0 N–H and O–H groups in total. The fourth-order valence-corrected chi connectivity index (χ4v) is 3.78. The zero-order valence-electron chi connectivity index (χ0n) is 11.6. The monoisotopic (exact) mass is 353 g/mol. The summed E-state index contributed by atoms with van der Waals surface area (Å²) in [5.74, 6) is -0.543. The van der Waals surface area contributed by atoms with Crippen LogP contribution in [0.25, 0.3) is 0 Å². The van der Waals surface area contributed by atoms with Gasteiger partial charge in [-0.25, -0.2) is 4.79 Å². The third kappa shape index (κ3) is 2.64. The van der Waals surface area contributed by atoms with Crippen molar-refractivity contribution in [1.82, 2.24) is 4.90 Å². The van der Waals surface area contributed by atoms with E-state index in [9.17, 15) is 9.59 Å². The lowest BCUT2D eigenvalue weighted by Gasteiger charge is -2.16. The molecule has 4 atom stereocenters. The first-order valence-corrected chi connectivity index (χ1v) is 7.77. The van der Waals surface area contributed by atoms with Crippen molar-refractivity contribution >= 4 is 28.0 Å². The maximum Gasteiger partial charge on any atom is 0.410 e. The van der Waals surface area contributed by atoms with E-state index in [0.717, 1.165) is 5.56 Å². The number of esters is 1. The summed E-state index contributed by atoms with van der Waals surface area (Å²) < 4.78 is 10.7. The van der Waals surface area contributed by atoms with E-state index in [1.807, 2.05) is 30.3 Å². The number of ether oxygens (including phenoxy) is 2. The van der Waals surface area contributed by atoms with Gasteiger partial charge in [-0.2, -0.15) is 0 Å². The summed E-state index contributed by atoms with van der Waals surface area (Å²) in [5, 5.41) is 0. The first kappa shape index (κ1) is 14.4. The first-order chi connectivity index (χ1) is 10.1. The Morgan fingerprint density at radius 1 is 1.43 bits per heavy atom. The van der Waals surface area contributed by atoms with E-state index >= 15 is 0 Å². The highest BCUT2D eigenvalue weighted by atomic mass is 79.9. The Hall–Kier alpha value is -1.56. The number of nitrogens with zero attached hydrogens (tertiary/aromatic N) is 1. The fourth-order valence-electron chi connectivity index (χ4n) is 2.88. The molecule has 2 aliphatic rings. The largest absolute Gasteiger partial charge is 0.461 e. The Bertz CT molecular complexity index is 550. The van der Waals surface area contributed by atoms with Crippen LogP contribution in [0.5, 0.6) is 0 Å². The Kier molecular flexibility index (Phi) is 3.89. The molecule has 0 spiro atoms. The van der Waals surface area contributed by atoms with Crippen LogP contribution in [0.3, 0.4) is 0 Å². The van der Waals surface area contributed by atoms with Gasteiger partial charge in [0.05, 0.1) is 16.8 Å². The highest BCUT2D eigenvalue weighted by Crippen LogP contribution is 2.41. The van der Waals surface area contributed by atoms with E-state index in [1.54, 1.807) is 11.9 Å². The molecule has 21 heavy (non-hydrogen) atoms. The number of fused-ring (bicyclic) bond motifs is 1. The van der Waals surface area contributed by atoms with Gasteiger partial charge in [0, 0.05) is 7.05 Å². The summed E-state index contributed by atoms with van der Waals surface area (Å²) in [5.41, 5.74) is 0.957. The summed E-state index contributed by atoms with van der Waals surface area (Å²) >= 11 is 3.49. The van der Waals surface area contributed by atoms with Gasteiger partial charge in [-0.1, -0.05) is 46.3 Å². The second kappa shape index (κ2) is 5.67. The molecular weight excluding hydrogens is 338 g/mol. The van der Waals surface area contributed by atoms with Crippen LogP contribution in [0.4, 0.5) is 4.79 Å². The molecule has 0 unspecified atom stereocenters. The average molecular weight is 354 g/mol. The number of alkyl halides is 1. The number of carbonyl (C=O) groups excluding carboxylic acids is 2. The lowest BCUT2D eigenvalue weighted by Crippen LogP contribution is -2.30. The molecule has 3 rings (SSSR count). The summed E-state index contributed by atoms with van der Waals surface area (Å²) in [4.78, 5) is 25.1. The highest BCUT2D eigenvalue weighted by molar-refractivity contribution is 9.09. The molecule has 112 valence electrons. The van der Waals surface area contributed by atoms with Gasteiger partial charge in [0.15, 0.2) is 0 Å². The van der Waals surface area contributed by atoms with E-state index < -0.39 is 0 Å². The molecule has 1 heterocycles.